The van der Waals surface area contributed by atoms with Gasteiger partial charge in [0.2, 0.25) is 5.91 Å². The Morgan fingerprint density at radius 3 is 2.12 bits per heavy atom. The molecule has 0 N–H and O–H groups in total. The minimum atomic E-state index is -3.65. The number of nitrogens with zero attached hydrogens (tertiary/aromatic N) is 5. The van der Waals surface area contributed by atoms with Crippen LogP contribution in [0.25, 0.3) is 0 Å². The van der Waals surface area contributed by atoms with Crippen LogP contribution < -0.4 is 4.90 Å². The second-order valence-electron chi connectivity index (χ2n) is 9.35. The largest absolute Gasteiger partial charge is 0.368 e. The molecule has 2 aliphatic rings. The van der Waals surface area contributed by atoms with Crippen LogP contribution in [0.5, 0.6) is 0 Å². The van der Waals surface area contributed by atoms with E-state index in [1.54, 1.807) is 24.0 Å². The Morgan fingerprint density at radius 1 is 0.971 bits per heavy atom. The number of piperazine rings is 1. The van der Waals surface area contributed by atoms with E-state index in [2.05, 4.69) is 9.88 Å². The van der Waals surface area contributed by atoms with Gasteiger partial charge in [0.05, 0.1) is 6.33 Å². The zero-order chi connectivity index (χ0) is 24.5. The summed E-state index contributed by atoms with van der Waals surface area (Å²) in [5.41, 5.74) is 1.75. The lowest BCUT2D eigenvalue weighted by atomic mass is 9.96. The van der Waals surface area contributed by atoms with Gasteiger partial charge in [0.25, 0.3) is 10.0 Å². The highest BCUT2D eigenvalue weighted by atomic mass is 32.2. The third-order valence-electron chi connectivity index (χ3n) is 6.81. The Morgan fingerprint density at radius 2 is 1.59 bits per heavy atom. The molecule has 0 bridgehead atoms. The van der Waals surface area contributed by atoms with Crippen molar-refractivity contribution >= 4 is 27.4 Å². The van der Waals surface area contributed by atoms with Crippen molar-refractivity contribution in [2.75, 3.05) is 44.2 Å². The molecular formula is C24H33N5O4S. The van der Waals surface area contributed by atoms with Gasteiger partial charge in [-0.2, -0.15) is 4.31 Å². The number of sulfonamides is 1. The van der Waals surface area contributed by atoms with Crippen LogP contribution in [-0.2, 0) is 14.8 Å². The number of rotatable bonds is 6. The molecule has 34 heavy (non-hydrogen) atoms. The van der Waals surface area contributed by atoms with Crippen LogP contribution in [0, 0.1) is 5.92 Å². The quantitative estimate of drug-likeness (QED) is 0.581. The number of amides is 1. The first-order chi connectivity index (χ1) is 16.2. The topological polar surface area (TPSA) is 95.8 Å². The van der Waals surface area contributed by atoms with E-state index in [1.165, 1.54) is 4.31 Å². The SMILES string of the molecule is CC(=O)c1ccc(N2CCN(C(=O)C3CCN(S(=O)(=O)c4cn(C(C)C)cn4)CC3)CC2)cc1. The molecule has 0 saturated carbocycles. The summed E-state index contributed by atoms with van der Waals surface area (Å²) in [5, 5.41) is 0.0680. The lowest BCUT2D eigenvalue weighted by Crippen LogP contribution is -2.52. The van der Waals surface area contributed by atoms with E-state index in [0.717, 1.165) is 18.8 Å². The summed E-state index contributed by atoms with van der Waals surface area (Å²) in [6.45, 7) is 8.90. The molecule has 1 amide bonds. The number of anilines is 1. The number of ketones is 1. The molecule has 1 aromatic heterocycles. The summed E-state index contributed by atoms with van der Waals surface area (Å²) in [4.78, 5) is 32.8. The first-order valence-corrected chi connectivity index (χ1v) is 13.3. The van der Waals surface area contributed by atoms with Crippen LogP contribution in [0.1, 0.15) is 50.0 Å². The molecule has 1 aromatic carbocycles. The first-order valence-electron chi connectivity index (χ1n) is 11.8. The molecule has 0 aliphatic carbocycles. The van der Waals surface area contributed by atoms with Crippen LogP contribution >= 0.6 is 0 Å². The third kappa shape index (κ3) is 5.02. The number of hydrogen-bond acceptors (Lipinski definition) is 6. The van der Waals surface area contributed by atoms with E-state index in [9.17, 15) is 18.0 Å². The van der Waals surface area contributed by atoms with Gasteiger partial charge < -0.3 is 14.4 Å². The molecule has 0 unspecified atom stereocenters. The average molecular weight is 488 g/mol. The Balaban J connectivity index is 1.29. The minimum Gasteiger partial charge on any atom is -0.368 e. The molecule has 2 aliphatic heterocycles. The molecule has 0 radical (unpaired) electrons. The van der Waals surface area contributed by atoms with Gasteiger partial charge in [-0.3, -0.25) is 9.59 Å². The van der Waals surface area contributed by atoms with E-state index >= 15 is 0 Å². The molecule has 3 heterocycles. The summed E-state index contributed by atoms with van der Waals surface area (Å²) < 4.78 is 29.2. The average Bonchev–Trinajstić information content (AvgIpc) is 3.36. The predicted molar refractivity (Wildman–Crippen MR) is 129 cm³/mol. The fraction of sp³-hybridized carbons (Fsp3) is 0.542. The summed E-state index contributed by atoms with van der Waals surface area (Å²) in [5.74, 6) is 0.0137. The van der Waals surface area contributed by atoms with Crippen LogP contribution in [-0.4, -0.2) is 78.1 Å². The van der Waals surface area contributed by atoms with Crippen molar-refractivity contribution in [3.05, 3.63) is 42.4 Å². The van der Waals surface area contributed by atoms with Crippen LogP contribution in [0.3, 0.4) is 0 Å². The molecule has 2 fully saturated rings. The first kappa shape index (κ1) is 24.4. The molecule has 0 atom stereocenters. The molecule has 0 spiro atoms. The van der Waals surface area contributed by atoms with Crippen LogP contribution in [0.15, 0.2) is 41.8 Å². The smallest absolute Gasteiger partial charge is 0.262 e. The van der Waals surface area contributed by atoms with Gasteiger partial charge in [0, 0.05) is 68.7 Å². The Hall–Kier alpha value is -2.72. The van der Waals surface area contributed by atoms with Crippen LogP contribution in [0.2, 0.25) is 0 Å². The standard InChI is InChI=1S/C24H33N5O4S/c1-18(2)28-16-23(25-17-28)34(32,33)29-10-8-21(9-11-29)24(31)27-14-12-26(13-15-27)22-6-4-20(5-7-22)19(3)30/h4-7,16-18,21H,8-15H2,1-3H3. The van der Waals surface area contributed by atoms with E-state index in [1.807, 2.05) is 43.0 Å². The number of Topliss-reactive ketones (excluding diaryl/α,β-unsaturated/α-hetero) is 1. The lowest BCUT2D eigenvalue weighted by Gasteiger charge is -2.39. The number of piperidine rings is 1. The van der Waals surface area contributed by atoms with E-state index in [0.29, 0.717) is 44.6 Å². The minimum absolute atomic E-state index is 0.0473. The van der Waals surface area contributed by atoms with E-state index in [4.69, 9.17) is 0 Å². The van der Waals surface area contributed by atoms with Gasteiger partial charge in [0.1, 0.15) is 0 Å². The summed E-state index contributed by atoms with van der Waals surface area (Å²) in [6.07, 6.45) is 4.17. The number of carbonyl (C=O) groups is 2. The van der Waals surface area contributed by atoms with Gasteiger partial charge in [-0.1, -0.05) is 0 Å². The third-order valence-corrected chi connectivity index (χ3v) is 8.60. The Bertz CT molecular complexity index is 1130. The van der Waals surface area contributed by atoms with Crippen molar-refractivity contribution in [1.29, 1.82) is 0 Å². The van der Waals surface area contributed by atoms with Crippen molar-refractivity contribution in [3.8, 4) is 0 Å². The van der Waals surface area contributed by atoms with Gasteiger partial charge in [-0.25, -0.2) is 13.4 Å². The monoisotopic (exact) mass is 487 g/mol. The van der Waals surface area contributed by atoms with Gasteiger partial charge in [-0.15, -0.1) is 0 Å². The Labute approximate surface area is 201 Å². The second-order valence-corrected chi connectivity index (χ2v) is 11.2. The Kier molecular flexibility index (Phi) is 7.09. The van der Waals surface area contributed by atoms with Gasteiger partial charge in [-0.05, 0) is 57.9 Å². The maximum absolute atomic E-state index is 13.1. The zero-order valence-electron chi connectivity index (χ0n) is 20.1. The van der Waals surface area contributed by atoms with Crippen LogP contribution in [0.4, 0.5) is 5.69 Å². The fourth-order valence-corrected chi connectivity index (χ4v) is 5.95. The predicted octanol–water partition coefficient (Wildman–Crippen LogP) is 2.42. The second kappa shape index (κ2) is 9.87. The summed E-state index contributed by atoms with van der Waals surface area (Å²) in [6, 6.07) is 7.72. The zero-order valence-corrected chi connectivity index (χ0v) is 20.9. The van der Waals surface area contributed by atoms with E-state index < -0.39 is 10.0 Å². The number of hydrogen-bond donors (Lipinski definition) is 0. The molecule has 9 nitrogen and oxygen atoms in total. The maximum Gasteiger partial charge on any atom is 0.262 e. The molecule has 184 valence electrons. The fourth-order valence-electron chi connectivity index (χ4n) is 4.56. The number of benzene rings is 1. The number of carbonyl (C=O) groups excluding carboxylic acids is 2. The highest BCUT2D eigenvalue weighted by Crippen LogP contribution is 2.26. The van der Waals surface area contributed by atoms with Crippen molar-refractivity contribution in [3.63, 3.8) is 0 Å². The molecule has 4 rings (SSSR count). The van der Waals surface area contributed by atoms with Gasteiger partial charge in [0.15, 0.2) is 10.8 Å². The molecule has 2 aromatic rings. The van der Waals surface area contributed by atoms with Crippen molar-refractivity contribution in [2.45, 2.75) is 44.7 Å². The normalized spacial score (nSPS) is 18.5. The molecule has 10 heteroatoms. The maximum atomic E-state index is 13.1. The highest BCUT2D eigenvalue weighted by molar-refractivity contribution is 7.89. The molecular weight excluding hydrogens is 454 g/mol. The molecule has 2 saturated heterocycles. The van der Waals surface area contributed by atoms with Crippen molar-refractivity contribution in [1.82, 2.24) is 18.8 Å². The van der Waals surface area contributed by atoms with Crippen molar-refractivity contribution in [2.24, 2.45) is 5.92 Å². The number of aromatic nitrogens is 2. The van der Waals surface area contributed by atoms with E-state index in [-0.39, 0.29) is 28.7 Å². The summed E-state index contributed by atoms with van der Waals surface area (Å²) in [7, 11) is -3.65. The highest BCUT2D eigenvalue weighted by Gasteiger charge is 2.35. The van der Waals surface area contributed by atoms with Gasteiger partial charge >= 0.3 is 0 Å². The van der Waals surface area contributed by atoms with Crippen molar-refractivity contribution < 1.29 is 18.0 Å². The summed E-state index contributed by atoms with van der Waals surface area (Å²) >= 11 is 0. The number of imidazole rings is 1. The lowest BCUT2D eigenvalue weighted by molar-refractivity contribution is -0.137.